The molecular weight excluding hydrogens is 250 g/mol. The summed E-state index contributed by atoms with van der Waals surface area (Å²) in [5.41, 5.74) is 0.750. The van der Waals surface area contributed by atoms with Crippen LogP contribution in [0.1, 0.15) is 5.56 Å². The maximum absolute atomic E-state index is 12.3. The molecule has 0 aliphatic heterocycles. The second kappa shape index (κ2) is 6.38. The van der Waals surface area contributed by atoms with Crippen molar-refractivity contribution in [2.24, 2.45) is 0 Å². The molecule has 0 saturated carbocycles. The fourth-order valence-corrected chi connectivity index (χ4v) is 1.62. The Bertz CT molecular complexity index is 420. The summed E-state index contributed by atoms with van der Waals surface area (Å²) < 4.78 is 24.7. The van der Waals surface area contributed by atoms with Crippen molar-refractivity contribution in [3.63, 3.8) is 0 Å². The van der Waals surface area contributed by atoms with Gasteiger partial charge >= 0.3 is 0 Å². The molecule has 92 valence electrons. The molecule has 0 aromatic heterocycles. The van der Waals surface area contributed by atoms with Crippen LogP contribution < -0.4 is 4.90 Å². The van der Waals surface area contributed by atoms with Crippen molar-refractivity contribution in [2.75, 3.05) is 24.6 Å². The van der Waals surface area contributed by atoms with Gasteiger partial charge in [-0.15, -0.1) is 0 Å². The third-order valence-corrected chi connectivity index (χ3v) is 2.48. The van der Waals surface area contributed by atoms with Gasteiger partial charge in [0.15, 0.2) is 0 Å². The summed E-state index contributed by atoms with van der Waals surface area (Å²) in [4.78, 5) is 1.32. The van der Waals surface area contributed by atoms with E-state index >= 15 is 0 Å². The van der Waals surface area contributed by atoms with Crippen molar-refractivity contribution in [1.82, 2.24) is 0 Å². The molecule has 17 heavy (non-hydrogen) atoms. The highest BCUT2D eigenvalue weighted by Gasteiger charge is 2.13. The van der Waals surface area contributed by atoms with Crippen LogP contribution >= 0.6 is 11.6 Å². The van der Waals surface area contributed by atoms with Crippen molar-refractivity contribution < 1.29 is 13.9 Å². The number of aliphatic hydroxyl groups is 1. The number of nitrogens with zero attached hydrogens (tertiary/aromatic N) is 2. The van der Waals surface area contributed by atoms with Crippen LogP contribution in [0.2, 0.25) is 5.02 Å². The van der Waals surface area contributed by atoms with Crippen LogP contribution in [0.3, 0.4) is 0 Å². The largest absolute Gasteiger partial charge is 0.395 e. The van der Waals surface area contributed by atoms with Crippen molar-refractivity contribution in [2.45, 2.75) is 6.43 Å². The van der Waals surface area contributed by atoms with Gasteiger partial charge in [0, 0.05) is 12.2 Å². The minimum atomic E-state index is -2.50. The molecule has 0 fully saturated rings. The van der Waals surface area contributed by atoms with E-state index in [4.69, 9.17) is 22.0 Å². The molecule has 6 heteroatoms. The number of hydrogen-bond acceptors (Lipinski definition) is 3. The van der Waals surface area contributed by atoms with Gasteiger partial charge < -0.3 is 10.0 Å². The minimum absolute atomic E-state index is 0.0899. The van der Waals surface area contributed by atoms with Gasteiger partial charge in [0.1, 0.15) is 6.07 Å². The van der Waals surface area contributed by atoms with E-state index in [0.717, 1.165) is 0 Å². The molecule has 1 aromatic carbocycles. The van der Waals surface area contributed by atoms with E-state index in [2.05, 4.69) is 0 Å². The summed E-state index contributed by atoms with van der Waals surface area (Å²) >= 11 is 5.81. The van der Waals surface area contributed by atoms with E-state index in [1.807, 2.05) is 6.07 Å². The molecule has 0 radical (unpaired) electrons. The second-order valence-corrected chi connectivity index (χ2v) is 3.74. The fourth-order valence-electron chi connectivity index (χ4n) is 1.40. The van der Waals surface area contributed by atoms with Gasteiger partial charge in [0.2, 0.25) is 0 Å². The molecule has 3 nitrogen and oxygen atoms in total. The number of hydrogen-bond donors (Lipinski definition) is 1. The Morgan fingerprint density at radius 2 is 2.18 bits per heavy atom. The first-order valence-electron chi connectivity index (χ1n) is 4.92. The summed E-state index contributed by atoms with van der Waals surface area (Å²) in [6.07, 6.45) is -2.50. The van der Waals surface area contributed by atoms with Crippen molar-refractivity contribution in [3.8, 4) is 6.07 Å². The molecule has 0 saturated heterocycles. The number of nitriles is 1. The number of alkyl halides is 2. The third-order valence-electron chi connectivity index (χ3n) is 2.17. The topological polar surface area (TPSA) is 47.3 Å². The van der Waals surface area contributed by atoms with E-state index in [1.54, 1.807) is 0 Å². The molecular formula is C11H11ClF2N2O. The lowest BCUT2D eigenvalue weighted by Gasteiger charge is -2.23. The number of benzene rings is 1. The predicted octanol–water partition coefficient (Wildman–Crippen LogP) is 2.28. The monoisotopic (exact) mass is 260 g/mol. The van der Waals surface area contributed by atoms with E-state index in [1.165, 1.54) is 23.1 Å². The molecule has 1 aromatic rings. The van der Waals surface area contributed by atoms with Gasteiger partial charge in [-0.05, 0) is 18.2 Å². The van der Waals surface area contributed by atoms with E-state index < -0.39 is 13.0 Å². The molecule has 1 N–H and O–H groups in total. The van der Waals surface area contributed by atoms with Crippen LogP contribution in [-0.2, 0) is 0 Å². The number of halogens is 3. The number of aliphatic hydroxyl groups excluding tert-OH is 1. The molecule has 0 atom stereocenters. The standard InChI is InChI=1S/C11H11ClF2N2O/c12-10-5-9(2-1-8(10)6-15)16(3-4-17)7-11(13)14/h1-2,5,11,17H,3-4,7H2. The Labute approximate surface area is 103 Å². The van der Waals surface area contributed by atoms with E-state index in [9.17, 15) is 8.78 Å². The molecule has 0 bridgehead atoms. The highest BCUT2D eigenvalue weighted by Crippen LogP contribution is 2.23. The van der Waals surface area contributed by atoms with Crippen LogP contribution in [0.4, 0.5) is 14.5 Å². The number of anilines is 1. The molecule has 1 rings (SSSR count). The SMILES string of the molecule is N#Cc1ccc(N(CCO)CC(F)F)cc1Cl. The Kier molecular flexibility index (Phi) is 5.13. The van der Waals surface area contributed by atoms with Crippen molar-refractivity contribution in [1.29, 1.82) is 5.26 Å². The third kappa shape index (κ3) is 3.84. The van der Waals surface area contributed by atoms with E-state index in [-0.39, 0.29) is 23.7 Å². The van der Waals surface area contributed by atoms with Gasteiger partial charge in [-0.3, -0.25) is 0 Å². The molecule has 0 spiro atoms. The normalized spacial score (nSPS) is 10.4. The molecule has 0 aliphatic carbocycles. The number of rotatable bonds is 5. The van der Waals surface area contributed by atoms with Crippen molar-refractivity contribution >= 4 is 17.3 Å². The summed E-state index contributed by atoms with van der Waals surface area (Å²) in [6.45, 7) is -0.625. The summed E-state index contributed by atoms with van der Waals surface area (Å²) in [7, 11) is 0. The maximum atomic E-state index is 12.3. The Balaban J connectivity index is 2.94. The summed E-state index contributed by atoms with van der Waals surface area (Å²) in [5, 5.41) is 17.7. The van der Waals surface area contributed by atoms with Gasteiger partial charge in [0.25, 0.3) is 6.43 Å². The van der Waals surface area contributed by atoms with Crippen LogP contribution in [0.15, 0.2) is 18.2 Å². The second-order valence-electron chi connectivity index (χ2n) is 3.34. The average molecular weight is 261 g/mol. The zero-order chi connectivity index (χ0) is 12.8. The van der Waals surface area contributed by atoms with Crippen molar-refractivity contribution in [3.05, 3.63) is 28.8 Å². The highest BCUT2D eigenvalue weighted by molar-refractivity contribution is 6.32. The Hall–Kier alpha value is -1.38. The Morgan fingerprint density at radius 3 is 2.65 bits per heavy atom. The molecule has 0 unspecified atom stereocenters. The quantitative estimate of drug-likeness (QED) is 0.884. The first-order chi connectivity index (χ1) is 8.08. The van der Waals surface area contributed by atoms with Crippen LogP contribution in [0.5, 0.6) is 0 Å². The maximum Gasteiger partial charge on any atom is 0.255 e. The lowest BCUT2D eigenvalue weighted by molar-refractivity contribution is 0.153. The zero-order valence-corrected chi connectivity index (χ0v) is 9.66. The minimum Gasteiger partial charge on any atom is -0.395 e. The fraction of sp³-hybridized carbons (Fsp3) is 0.364. The molecule has 0 heterocycles. The first kappa shape index (κ1) is 13.7. The van der Waals surface area contributed by atoms with Gasteiger partial charge in [0.05, 0.1) is 23.7 Å². The first-order valence-corrected chi connectivity index (χ1v) is 5.30. The van der Waals surface area contributed by atoms with Crippen LogP contribution in [0.25, 0.3) is 0 Å². The Morgan fingerprint density at radius 1 is 1.47 bits per heavy atom. The van der Waals surface area contributed by atoms with Gasteiger partial charge in [-0.1, -0.05) is 11.6 Å². The lowest BCUT2D eigenvalue weighted by Crippen LogP contribution is -2.31. The molecule has 0 aliphatic rings. The molecule has 0 amide bonds. The average Bonchev–Trinajstić information content (AvgIpc) is 2.28. The van der Waals surface area contributed by atoms with Crippen LogP contribution in [-0.4, -0.2) is 31.2 Å². The van der Waals surface area contributed by atoms with Gasteiger partial charge in [-0.25, -0.2) is 8.78 Å². The lowest BCUT2D eigenvalue weighted by atomic mass is 10.2. The summed E-state index contributed by atoms with van der Waals surface area (Å²) in [5.74, 6) is 0. The predicted molar refractivity (Wildman–Crippen MR) is 61.5 cm³/mol. The van der Waals surface area contributed by atoms with Gasteiger partial charge in [-0.2, -0.15) is 5.26 Å². The summed E-state index contributed by atoms with van der Waals surface area (Å²) in [6, 6.07) is 6.32. The van der Waals surface area contributed by atoms with E-state index in [0.29, 0.717) is 5.69 Å². The highest BCUT2D eigenvalue weighted by atomic mass is 35.5. The van der Waals surface area contributed by atoms with Crippen LogP contribution in [0, 0.1) is 11.3 Å². The zero-order valence-electron chi connectivity index (χ0n) is 8.91. The smallest absolute Gasteiger partial charge is 0.255 e.